The van der Waals surface area contributed by atoms with Crippen LogP contribution in [0.25, 0.3) is 0 Å². The molecule has 2 rings (SSSR count). The average Bonchev–Trinajstić information content (AvgIpc) is 2.65. The Labute approximate surface area is 89.2 Å². The fraction of sp³-hybridized carbons (Fsp3) is 0.500. The summed E-state index contributed by atoms with van der Waals surface area (Å²) in [5.41, 5.74) is 5.97. The molecule has 1 aliphatic rings. The minimum Gasteiger partial charge on any atom is -0.492 e. The van der Waals surface area contributed by atoms with E-state index in [1.54, 1.807) is 12.1 Å². The van der Waals surface area contributed by atoms with E-state index < -0.39 is 0 Å². The number of ether oxygens (including phenoxy) is 1. The lowest BCUT2D eigenvalue weighted by atomic mass is 10.0. The second-order valence-corrected chi connectivity index (χ2v) is 4.31. The van der Waals surface area contributed by atoms with Crippen molar-refractivity contribution in [3.05, 3.63) is 30.1 Å². The van der Waals surface area contributed by atoms with Gasteiger partial charge in [0.15, 0.2) is 0 Å². The van der Waals surface area contributed by atoms with Crippen molar-refractivity contribution in [2.75, 3.05) is 6.61 Å². The molecule has 0 amide bonds. The van der Waals surface area contributed by atoms with E-state index in [4.69, 9.17) is 10.5 Å². The van der Waals surface area contributed by atoms with Crippen molar-refractivity contribution in [3.8, 4) is 5.75 Å². The van der Waals surface area contributed by atoms with Crippen LogP contribution in [0, 0.1) is 5.82 Å². The molecule has 0 heterocycles. The van der Waals surface area contributed by atoms with Crippen LogP contribution in [-0.4, -0.2) is 12.1 Å². The monoisotopic (exact) mass is 209 g/mol. The molecule has 0 bridgehead atoms. The van der Waals surface area contributed by atoms with Crippen LogP contribution < -0.4 is 10.5 Å². The van der Waals surface area contributed by atoms with E-state index in [1.165, 1.54) is 25.0 Å². The minimum absolute atomic E-state index is 0.172. The van der Waals surface area contributed by atoms with E-state index in [9.17, 15) is 4.39 Å². The number of hydrogen-bond acceptors (Lipinski definition) is 2. The van der Waals surface area contributed by atoms with Gasteiger partial charge in [-0.25, -0.2) is 4.39 Å². The zero-order valence-corrected chi connectivity index (χ0v) is 8.71. The largest absolute Gasteiger partial charge is 0.492 e. The first-order valence-corrected chi connectivity index (χ1v) is 5.35. The molecule has 0 aliphatic heterocycles. The van der Waals surface area contributed by atoms with Gasteiger partial charge in [-0.05, 0) is 37.1 Å². The van der Waals surface area contributed by atoms with Gasteiger partial charge in [0.25, 0.3) is 0 Å². The predicted octanol–water partition coefficient (Wildman–Crippen LogP) is 2.48. The molecule has 15 heavy (non-hydrogen) atoms. The van der Waals surface area contributed by atoms with Gasteiger partial charge in [0.2, 0.25) is 0 Å². The second kappa shape index (κ2) is 4.19. The molecule has 2 nitrogen and oxygen atoms in total. The van der Waals surface area contributed by atoms with E-state index in [2.05, 4.69) is 0 Å². The molecule has 82 valence electrons. The van der Waals surface area contributed by atoms with E-state index in [1.807, 2.05) is 0 Å². The van der Waals surface area contributed by atoms with Crippen molar-refractivity contribution in [2.24, 2.45) is 5.73 Å². The zero-order chi connectivity index (χ0) is 10.7. The maximum absolute atomic E-state index is 12.6. The lowest BCUT2D eigenvalue weighted by molar-refractivity contribution is 0.220. The molecule has 3 heteroatoms. The first-order valence-electron chi connectivity index (χ1n) is 5.35. The van der Waals surface area contributed by atoms with E-state index >= 15 is 0 Å². The van der Waals surface area contributed by atoms with Crippen molar-refractivity contribution in [2.45, 2.75) is 31.2 Å². The summed E-state index contributed by atoms with van der Waals surface area (Å²) in [6.07, 6.45) is 4.41. The summed E-state index contributed by atoms with van der Waals surface area (Å²) in [5.74, 6) is 0.443. The summed E-state index contributed by atoms with van der Waals surface area (Å²) in [6.45, 7) is 0.526. The van der Waals surface area contributed by atoms with Gasteiger partial charge in [0.05, 0.1) is 5.54 Å². The van der Waals surface area contributed by atoms with E-state index in [-0.39, 0.29) is 11.4 Å². The van der Waals surface area contributed by atoms with Crippen LogP contribution in [0.1, 0.15) is 25.7 Å². The SMILES string of the molecule is NC1(COc2ccc(F)cc2)CCCC1. The van der Waals surface area contributed by atoms with Crippen molar-refractivity contribution in [1.82, 2.24) is 0 Å². The Balaban J connectivity index is 1.90. The molecular formula is C12H16FNO. The van der Waals surface area contributed by atoms with Crippen LogP contribution in [0.5, 0.6) is 5.75 Å². The molecule has 0 atom stereocenters. The topological polar surface area (TPSA) is 35.2 Å². The van der Waals surface area contributed by atoms with Gasteiger partial charge in [-0.2, -0.15) is 0 Å². The van der Waals surface area contributed by atoms with Gasteiger partial charge >= 0.3 is 0 Å². The summed E-state index contributed by atoms with van der Waals surface area (Å²) in [7, 11) is 0. The Morgan fingerprint density at radius 2 is 1.80 bits per heavy atom. The maximum Gasteiger partial charge on any atom is 0.123 e. The lowest BCUT2D eigenvalue weighted by Crippen LogP contribution is -2.42. The normalized spacial score (nSPS) is 19.1. The molecule has 1 fully saturated rings. The number of rotatable bonds is 3. The molecule has 1 aromatic carbocycles. The molecular weight excluding hydrogens is 193 g/mol. The summed E-state index contributed by atoms with van der Waals surface area (Å²) >= 11 is 0. The van der Waals surface area contributed by atoms with Crippen LogP contribution >= 0.6 is 0 Å². The number of nitrogens with two attached hydrogens (primary N) is 1. The van der Waals surface area contributed by atoms with Crippen molar-refractivity contribution in [1.29, 1.82) is 0 Å². The zero-order valence-electron chi connectivity index (χ0n) is 8.71. The van der Waals surface area contributed by atoms with Crippen LogP contribution in [0.2, 0.25) is 0 Å². The predicted molar refractivity (Wildman–Crippen MR) is 57.3 cm³/mol. The average molecular weight is 209 g/mol. The Morgan fingerprint density at radius 3 is 2.40 bits per heavy atom. The van der Waals surface area contributed by atoms with Gasteiger partial charge in [0, 0.05) is 0 Å². The van der Waals surface area contributed by atoms with Gasteiger partial charge in [-0.1, -0.05) is 12.8 Å². The maximum atomic E-state index is 12.6. The van der Waals surface area contributed by atoms with Crippen LogP contribution in [0.4, 0.5) is 4.39 Å². The Bertz CT molecular complexity index is 317. The Morgan fingerprint density at radius 1 is 1.20 bits per heavy atom. The molecule has 2 N–H and O–H groups in total. The standard InChI is InChI=1S/C12H16FNO/c13-10-3-5-11(6-4-10)15-9-12(14)7-1-2-8-12/h3-6H,1-2,7-9,14H2. The van der Waals surface area contributed by atoms with Crippen molar-refractivity contribution >= 4 is 0 Å². The summed E-state index contributed by atoms with van der Waals surface area (Å²) in [5, 5.41) is 0. The highest BCUT2D eigenvalue weighted by molar-refractivity contribution is 5.22. The van der Waals surface area contributed by atoms with Crippen LogP contribution in [0.3, 0.4) is 0 Å². The highest BCUT2D eigenvalue weighted by Gasteiger charge is 2.29. The molecule has 0 saturated heterocycles. The van der Waals surface area contributed by atoms with E-state index in [0.29, 0.717) is 12.4 Å². The number of hydrogen-bond donors (Lipinski definition) is 1. The molecule has 0 spiro atoms. The van der Waals surface area contributed by atoms with Gasteiger partial charge in [-0.15, -0.1) is 0 Å². The molecule has 1 saturated carbocycles. The van der Waals surface area contributed by atoms with Crippen LogP contribution in [-0.2, 0) is 0 Å². The smallest absolute Gasteiger partial charge is 0.123 e. The van der Waals surface area contributed by atoms with Crippen molar-refractivity contribution < 1.29 is 9.13 Å². The minimum atomic E-state index is -0.245. The summed E-state index contributed by atoms with van der Waals surface area (Å²) < 4.78 is 18.2. The fourth-order valence-electron chi connectivity index (χ4n) is 1.98. The number of halogens is 1. The van der Waals surface area contributed by atoms with Gasteiger partial charge in [0.1, 0.15) is 18.2 Å². The quantitative estimate of drug-likeness (QED) is 0.830. The Kier molecular flexibility index (Phi) is 2.91. The molecule has 1 aromatic rings. The molecule has 0 radical (unpaired) electrons. The lowest BCUT2D eigenvalue weighted by Gasteiger charge is -2.23. The second-order valence-electron chi connectivity index (χ2n) is 4.31. The third kappa shape index (κ3) is 2.69. The number of benzene rings is 1. The molecule has 0 unspecified atom stereocenters. The molecule has 1 aliphatic carbocycles. The van der Waals surface area contributed by atoms with E-state index in [0.717, 1.165) is 12.8 Å². The third-order valence-corrected chi connectivity index (χ3v) is 2.94. The van der Waals surface area contributed by atoms with Gasteiger partial charge in [-0.3, -0.25) is 0 Å². The summed E-state index contributed by atoms with van der Waals surface area (Å²) in [4.78, 5) is 0. The van der Waals surface area contributed by atoms with Crippen LogP contribution in [0.15, 0.2) is 24.3 Å². The van der Waals surface area contributed by atoms with Gasteiger partial charge < -0.3 is 10.5 Å². The summed E-state index contributed by atoms with van der Waals surface area (Å²) in [6, 6.07) is 6.06. The molecule has 0 aromatic heterocycles. The highest BCUT2D eigenvalue weighted by Crippen LogP contribution is 2.27. The first kappa shape index (κ1) is 10.4. The Hall–Kier alpha value is -1.09. The van der Waals surface area contributed by atoms with Crippen molar-refractivity contribution in [3.63, 3.8) is 0 Å². The first-order chi connectivity index (χ1) is 7.18. The fourth-order valence-corrected chi connectivity index (χ4v) is 1.98. The highest BCUT2D eigenvalue weighted by atomic mass is 19.1. The third-order valence-electron chi connectivity index (χ3n) is 2.94.